The van der Waals surface area contributed by atoms with Crippen LogP contribution >= 0.6 is 8.58 Å². The minimum Gasteiger partial charge on any atom is -0.118 e. The van der Waals surface area contributed by atoms with E-state index in [1.807, 2.05) is 0 Å². The quantitative estimate of drug-likeness (QED) is 0.453. The van der Waals surface area contributed by atoms with Crippen molar-refractivity contribution in [2.45, 2.75) is 53.1 Å². The summed E-state index contributed by atoms with van der Waals surface area (Å²) in [5.74, 6) is 0. The number of hydrogen-bond acceptors (Lipinski definition) is 0. The maximum absolute atomic E-state index is 2.32. The first-order valence-electron chi connectivity index (χ1n) is 4.90. The van der Waals surface area contributed by atoms with Gasteiger partial charge < -0.3 is 0 Å². The molecular formula is C11H25P. The van der Waals surface area contributed by atoms with Crippen LogP contribution in [-0.2, 0) is 0 Å². The Morgan fingerprint density at radius 1 is 1.25 bits per heavy atom. The van der Waals surface area contributed by atoms with Gasteiger partial charge in [-0.25, -0.2) is 0 Å². The summed E-state index contributed by atoms with van der Waals surface area (Å²) in [7, 11) is 1.05. The fourth-order valence-corrected chi connectivity index (χ4v) is 1.08. The van der Waals surface area contributed by atoms with Crippen LogP contribution in [0.3, 0.4) is 0 Å². The van der Waals surface area contributed by atoms with E-state index in [0.717, 1.165) is 14.2 Å². The highest BCUT2D eigenvalue weighted by atomic mass is 31.1. The molecule has 0 bridgehead atoms. The largest absolute Gasteiger partial charge is 0.118 e. The third-order valence-electron chi connectivity index (χ3n) is 1.54. The van der Waals surface area contributed by atoms with Crippen LogP contribution in [0, 0.1) is 0 Å². The summed E-state index contributed by atoms with van der Waals surface area (Å²) in [4.78, 5) is 0. The summed E-state index contributed by atoms with van der Waals surface area (Å²) >= 11 is 0. The monoisotopic (exact) mass is 188 g/mol. The molecule has 0 aromatic carbocycles. The highest BCUT2D eigenvalue weighted by Gasteiger charge is 1.89. The highest BCUT2D eigenvalue weighted by molar-refractivity contribution is 7.38. The lowest BCUT2D eigenvalue weighted by Gasteiger charge is -1.99. The highest BCUT2D eigenvalue weighted by Crippen LogP contribution is 2.15. The summed E-state index contributed by atoms with van der Waals surface area (Å²) in [5, 5.41) is 0. The Hall–Kier alpha value is 0.170. The SMILES string of the molecule is CCCC.CPC(C)C=C(C)C. The third kappa shape index (κ3) is 16.6. The van der Waals surface area contributed by atoms with Crippen LogP contribution in [0.5, 0.6) is 0 Å². The minimum absolute atomic E-state index is 0.792. The van der Waals surface area contributed by atoms with E-state index in [9.17, 15) is 0 Å². The fraction of sp³-hybridized carbons (Fsp3) is 0.818. The zero-order valence-electron chi connectivity index (χ0n) is 9.57. The summed E-state index contributed by atoms with van der Waals surface area (Å²) in [6.07, 6.45) is 4.96. The van der Waals surface area contributed by atoms with Crippen LogP contribution in [0.4, 0.5) is 0 Å². The van der Waals surface area contributed by atoms with Crippen LogP contribution < -0.4 is 0 Å². The first-order valence-corrected chi connectivity index (χ1v) is 6.48. The van der Waals surface area contributed by atoms with E-state index in [0.29, 0.717) is 0 Å². The van der Waals surface area contributed by atoms with Crippen molar-refractivity contribution in [2.75, 3.05) is 6.66 Å². The molecule has 0 rings (SSSR count). The third-order valence-corrected chi connectivity index (χ3v) is 2.62. The van der Waals surface area contributed by atoms with Gasteiger partial charge >= 0.3 is 0 Å². The molecule has 0 heterocycles. The van der Waals surface area contributed by atoms with Crippen LogP contribution in [0.2, 0.25) is 0 Å². The molecule has 0 spiro atoms. The average molecular weight is 188 g/mol. The van der Waals surface area contributed by atoms with Crippen molar-refractivity contribution in [1.29, 1.82) is 0 Å². The van der Waals surface area contributed by atoms with Gasteiger partial charge in [0.1, 0.15) is 0 Å². The van der Waals surface area contributed by atoms with Gasteiger partial charge in [0.25, 0.3) is 0 Å². The smallest absolute Gasteiger partial charge is 0.00856 e. The summed E-state index contributed by atoms with van der Waals surface area (Å²) in [6, 6.07) is 0. The Kier molecular flexibility index (Phi) is 13.7. The predicted molar refractivity (Wildman–Crippen MR) is 63.7 cm³/mol. The first kappa shape index (κ1) is 14.7. The standard InChI is InChI=1S/C7H15P.C4H10/c1-6(2)5-7(3)8-4;1-3-4-2/h5,7-8H,1-4H3;3-4H2,1-2H3. The molecule has 0 amide bonds. The van der Waals surface area contributed by atoms with Gasteiger partial charge in [0, 0.05) is 0 Å². The molecule has 0 aromatic heterocycles. The molecule has 2 atom stereocenters. The van der Waals surface area contributed by atoms with Gasteiger partial charge in [0.05, 0.1) is 0 Å². The van der Waals surface area contributed by atoms with Crippen molar-refractivity contribution in [3.8, 4) is 0 Å². The Morgan fingerprint density at radius 3 is 1.75 bits per heavy atom. The van der Waals surface area contributed by atoms with Crippen molar-refractivity contribution in [1.82, 2.24) is 0 Å². The predicted octanol–water partition coefficient (Wildman–Crippen LogP) is 4.46. The van der Waals surface area contributed by atoms with Gasteiger partial charge in [-0.2, -0.15) is 0 Å². The van der Waals surface area contributed by atoms with Gasteiger partial charge in [-0.1, -0.05) is 45.3 Å². The van der Waals surface area contributed by atoms with E-state index in [1.54, 1.807) is 0 Å². The molecule has 0 nitrogen and oxygen atoms in total. The van der Waals surface area contributed by atoms with Gasteiger partial charge in [-0.05, 0) is 26.2 Å². The van der Waals surface area contributed by atoms with Gasteiger partial charge in [-0.15, -0.1) is 8.58 Å². The van der Waals surface area contributed by atoms with Crippen molar-refractivity contribution in [3.05, 3.63) is 11.6 Å². The molecule has 0 aromatic rings. The second-order valence-corrected chi connectivity index (χ2v) is 4.81. The lowest BCUT2D eigenvalue weighted by molar-refractivity contribution is 0.886. The summed E-state index contributed by atoms with van der Waals surface area (Å²) < 4.78 is 0. The van der Waals surface area contributed by atoms with Crippen molar-refractivity contribution >= 4 is 8.58 Å². The van der Waals surface area contributed by atoms with Crippen molar-refractivity contribution < 1.29 is 0 Å². The lowest BCUT2D eigenvalue weighted by atomic mass is 10.3. The molecule has 12 heavy (non-hydrogen) atoms. The molecule has 0 aliphatic rings. The molecule has 0 N–H and O–H groups in total. The average Bonchev–Trinajstić information content (AvgIpc) is 2.04. The van der Waals surface area contributed by atoms with Crippen LogP contribution in [0.15, 0.2) is 11.6 Å². The number of unbranched alkanes of at least 4 members (excludes halogenated alkanes) is 1. The maximum atomic E-state index is 2.32. The topological polar surface area (TPSA) is 0 Å². The summed E-state index contributed by atoms with van der Waals surface area (Å²) in [6.45, 7) is 13.2. The van der Waals surface area contributed by atoms with E-state index in [4.69, 9.17) is 0 Å². The molecule has 0 saturated carbocycles. The first-order chi connectivity index (χ1) is 5.58. The van der Waals surface area contributed by atoms with E-state index >= 15 is 0 Å². The summed E-state index contributed by atoms with van der Waals surface area (Å²) in [5.41, 5.74) is 2.23. The maximum Gasteiger partial charge on any atom is -0.00856 e. The van der Waals surface area contributed by atoms with Gasteiger partial charge in [-0.3, -0.25) is 0 Å². The fourth-order valence-electron chi connectivity index (χ4n) is 0.583. The Balaban J connectivity index is 0. The molecule has 0 radical (unpaired) electrons. The Labute approximate surface area is 80.6 Å². The number of hydrogen-bond donors (Lipinski definition) is 0. The van der Waals surface area contributed by atoms with E-state index < -0.39 is 0 Å². The van der Waals surface area contributed by atoms with Gasteiger partial charge in [0.2, 0.25) is 0 Å². The number of rotatable bonds is 3. The normalized spacial score (nSPS) is 12.2. The van der Waals surface area contributed by atoms with Crippen molar-refractivity contribution in [2.24, 2.45) is 0 Å². The zero-order valence-corrected chi connectivity index (χ0v) is 10.6. The Morgan fingerprint density at radius 2 is 1.67 bits per heavy atom. The molecule has 0 aliphatic heterocycles. The minimum atomic E-state index is 0.792. The van der Waals surface area contributed by atoms with Crippen LogP contribution in [0.1, 0.15) is 47.5 Å². The second kappa shape index (κ2) is 11.2. The number of allylic oxidation sites excluding steroid dienone is 2. The molecule has 0 aliphatic carbocycles. The molecular weight excluding hydrogens is 163 g/mol. The van der Waals surface area contributed by atoms with E-state index in [1.165, 1.54) is 18.4 Å². The molecule has 1 heteroatoms. The Bertz CT molecular complexity index is 99.6. The zero-order chi connectivity index (χ0) is 9.98. The van der Waals surface area contributed by atoms with Crippen LogP contribution in [0.25, 0.3) is 0 Å². The van der Waals surface area contributed by atoms with Crippen molar-refractivity contribution in [3.63, 3.8) is 0 Å². The van der Waals surface area contributed by atoms with E-state index in [2.05, 4.69) is 47.4 Å². The van der Waals surface area contributed by atoms with E-state index in [-0.39, 0.29) is 0 Å². The second-order valence-electron chi connectivity index (χ2n) is 3.32. The molecule has 74 valence electrons. The molecule has 2 unspecified atom stereocenters. The van der Waals surface area contributed by atoms with Crippen LogP contribution in [-0.4, -0.2) is 12.3 Å². The van der Waals surface area contributed by atoms with Gasteiger partial charge in [0.15, 0.2) is 0 Å². The lowest BCUT2D eigenvalue weighted by Crippen LogP contribution is -1.85. The molecule has 0 saturated heterocycles. The molecule has 0 fully saturated rings.